The summed E-state index contributed by atoms with van der Waals surface area (Å²) in [5.74, 6) is 0.106. The molecule has 0 bridgehead atoms. The van der Waals surface area contributed by atoms with E-state index in [1.165, 1.54) is 0 Å². The van der Waals surface area contributed by atoms with Gasteiger partial charge in [0.1, 0.15) is 0 Å². The third-order valence-electron chi connectivity index (χ3n) is 2.38. The van der Waals surface area contributed by atoms with Crippen molar-refractivity contribution in [3.8, 4) is 0 Å². The molecule has 0 spiro atoms. The molecule has 1 unspecified atom stereocenters. The lowest BCUT2D eigenvalue weighted by atomic mass is 10.3. The van der Waals surface area contributed by atoms with E-state index >= 15 is 0 Å². The van der Waals surface area contributed by atoms with Crippen molar-refractivity contribution in [1.29, 1.82) is 0 Å². The van der Waals surface area contributed by atoms with Crippen LogP contribution in [0.25, 0.3) is 0 Å². The summed E-state index contributed by atoms with van der Waals surface area (Å²) in [6.07, 6.45) is 0.991. The quantitative estimate of drug-likeness (QED) is 0.868. The summed E-state index contributed by atoms with van der Waals surface area (Å²) in [6.45, 7) is 4.76. The van der Waals surface area contributed by atoms with Gasteiger partial charge < -0.3 is 5.32 Å². The predicted molar refractivity (Wildman–Crippen MR) is 71.3 cm³/mol. The molecule has 17 heavy (non-hydrogen) atoms. The normalized spacial score (nSPS) is 13.6. The standard InChI is InChI=1S/C12H18ClNO2S/c1-3-8-14-10(2)9-17(15,16)12-6-4-11(13)5-7-12/h4-7,10,14H,3,8-9H2,1-2H3. The van der Waals surface area contributed by atoms with E-state index in [2.05, 4.69) is 5.32 Å². The van der Waals surface area contributed by atoms with Crippen molar-refractivity contribution >= 4 is 21.4 Å². The van der Waals surface area contributed by atoms with Crippen LogP contribution in [0.5, 0.6) is 0 Å². The van der Waals surface area contributed by atoms with Crippen LogP contribution < -0.4 is 5.32 Å². The molecule has 96 valence electrons. The second-order valence-corrected chi connectivity index (χ2v) is 6.56. The predicted octanol–water partition coefficient (Wildman–Crippen LogP) is 2.50. The Morgan fingerprint density at radius 1 is 1.29 bits per heavy atom. The van der Waals surface area contributed by atoms with Gasteiger partial charge in [-0.1, -0.05) is 18.5 Å². The third-order valence-corrected chi connectivity index (χ3v) is 4.57. The second kappa shape index (κ2) is 6.38. The highest BCUT2D eigenvalue weighted by molar-refractivity contribution is 7.91. The maximum atomic E-state index is 12.0. The smallest absolute Gasteiger partial charge is 0.179 e. The molecule has 0 aliphatic rings. The van der Waals surface area contributed by atoms with Crippen LogP contribution in [-0.2, 0) is 9.84 Å². The molecule has 1 aromatic rings. The van der Waals surface area contributed by atoms with Gasteiger partial charge in [-0.15, -0.1) is 0 Å². The molecule has 0 saturated carbocycles. The Morgan fingerprint density at radius 2 is 1.88 bits per heavy atom. The van der Waals surface area contributed by atoms with E-state index in [1.807, 2.05) is 13.8 Å². The summed E-state index contributed by atoms with van der Waals surface area (Å²) in [6, 6.07) is 6.24. The lowest BCUT2D eigenvalue weighted by molar-refractivity contribution is 0.555. The number of benzene rings is 1. The van der Waals surface area contributed by atoms with Crippen molar-refractivity contribution in [2.75, 3.05) is 12.3 Å². The monoisotopic (exact) mass is 275 g/mol. The molecule has 0 aromatic heterocycles. The number of sulfone groups is 1. The molecular formula is C12H18ClNO2S. The largest absolute Gasteiger partial charge is 0.313 e. The van der Waals surface area contributed by atoms with E-state index in [1.54, 1.807) is 24.3 Å². The van der Waals surface area contributed by atoms with Gasteiger partial charge in [-0.2, -0.15) is 0 Å². The number of hydrogen-bond acceptors (Lipinski definition) is 3. The first kappa shape index (κ1) is 14.5. The molecule has 0 aliphatic heterocycles. The van der Waals surface area contributed by atoms with E-state index in [-0.39, 0.29) is 11.8 Å². The van der Waals surface area contributed by atoms with Crippen molar-refractivity contribution in [2.45, 2.75) is 31.2 Å². The zero-order valence-electron chi connectivity index (χ0n) is 10.1. The Bertz CT molecular complexity index is 442. The Kier molecular flexibility index (Phi) is 5.43. The first-order valence-corrected chi connectivity index (χ1v) is 7.70. The van der Waals surface area contributed by atoms with E-state index in [0.717, 1.165) is 13.0 Å². The van der Waals surface area contributed by atoms with Gasteiger partial charge in [0.25, 0.3) is 0 Å². The highest BCUT2D eigenvalue weighted by Gasteiger charge is 2.17. The zero-order chi connectivity index (χ0) is 12.9. The van der Waals surface area contributed by atoms with Gasteiger partial charge in [0.05, 0.1) is 10.6 Å². The van der Waals surface area contributed by atoms with Crippen molar-refractivity contribution in [2.24, 2.45) is 0 Å². The highest BCUT2D eigenvalue weighted by Crippen LogP contribution is 2.15. The molecule has 1 atom stereocenters. The average molecular weight is 276 g/mol. The third kappa shape index (κ3) is 4.66. The van der Waals surface area contributed by atoms with Gasteiger partial charge in [-0.05, 0) is 44.2 Å². The van der Waals surface area contributed by atoms with E-state index in [9.17, 15) is 8.42 Å². The fourth-order valence-electron chi connectivity index (χ4n) is 1.52. The number of halogens is 1. The van der Waals surface area contributed by atoms with Crippen LogP contribution >= 0.6 is 11.6 Å². The Labute approximate surface area is 108 Å². The number of nitrogens with one attached hydrogen (secondary N) is 1. The Morgan fingerprint density at radius 3 is 2.41 bits per heavy atom. The fraction of sp³-hybridized carbons (Fsp3) is 0.500. The summed E-state index contributed by atoms with van der Waals surface area (Å²) >= 11 is 5.73. The first-order valence-electron chi connectivity index (χ1n) is 5.67. The Balaban J connectivity index is 2.71. The summed E-state index contributed by atoms with van der Waals surface area (Å²) in [4.78, 5) is 0.326. The SMILES string of the molecule is CCCNC(C)CS(=O)(=O)c1ccc(Cl)cc1. The summed E-state index contributed by atoms with van der Waals surface area (Å²) in [5, 5.41) is 3.71. The lowest BCUT2D eigenvalue weighted by Gasteiger charge is -2.13. The first-order chi connectivity index (χ1) is 7.95. The molecule has 1 aromatic carbocycles. The van der Waals surface area contributed by atoms with Crippen LogP contribution in [0.2, 0.25) is 5.02 Å². The van der Waals surface area contributed by atoms with Gasteiger partial charge in [-0.3, -0.25) is 0 Å². The van der Waals surface area contributed by atoms with Crippen molar-refractivity contribution in [3.05, 3.63) is 29.3 Å². The van der Waals surface area contributed by atoms with Crippen molar-refractivity contribution < 1.29 is 8.42 Å². The van der Waals surface area contributed by atoms with Crippen molar-refractivity contribution in [1.82, 2.24) is 5.32 Å². The number of hydrogen-bond donors (Lipinski definition) is 1. The number of rotatable bonds is 6. The van der Waals surface area contributed by atoms with Gasteiger partial charge >= 0.3 is 0 Å². The second-order valence-electron chi connectivity index (χ2n) is 4.09. The molecular weight excluding hydrogens is 258 g/mol. The molecule has 3 nitrogen and oxygen atoms in total. The topological polar surface area (TPSA) is 46.2 Å². The van der Waals surface area contributed by atoms with Gasteiger partial charge in [0.2, 0.25) is 0 Å². The molecule has 1 rings (SSSR count). The molecule has 0 radical (unpaired) electrons. The molecule has 5 heteroatoms. The minimum Gasteiger partial charge on any atom is -0.313 e. The van der Waals surface area contributed by atoms with Crippen LogP contribution in [0.4, 0.5) is 0 Å². The van der Waals surface area contributed by atoms with Crippen LogP contribution in [0.1, 0.15) is 20.3 Å². The average Bonchev–Trinajstić information content (AvgIpc) is 2.26. The van der Waals surface area contributed by atoms with E-state index in [0.29, 0.717) is 9.92 Å². The maximum Gasteiger partial charge on any atom is 0.179 e. The van der Waals surface area contributed by atoms with Gasteiger partial charge in [0.15, 0.2) is 9.84 Å². The maximum absolute atomic E-state index is 12.0. The molecule has 0 saturated heterocycles. The highest BCUT2D eigenvalue weighted by atomic mass is 35.5. The van der Waals surface area contributed by atoms with E-state index < -0.39 is 9.84 Å². The minimum absolute atomic E-state index is 0.0457. The van der Waals surface area contributed by atoms with E-state index in [4.69, 9.17) is 11.6 Å². The van der Waals surface area contributed by atoms with Crippen LogP contribution in [-0.4, -0.2) is 26.8 Å². The van der Waals surface area contributed by atoms with Crippen LogP contribution in [0.3, 0.4) is 0 Å². The summed E-state index contributed by atoms with van der Waals surface area (Å²) < 4.78 is 24.1. The molecule has 1 N–H and O–H groups in total. The zero-order valence-corrected chi connectivity index (χ0v) is 11.7. The van der Waals surface area contributed by atoms with Gasteiger partial charge in [0, 0.05) is 11.1 Å². The van der Waals surface area contributed by atoms with Crippen LogP contribution in [0, 0.1) is 0 Å². The lowest BCUT2D eigenvalue weighted by Crippen LogP contribution is -2.33. The molecule has 0 aliphatic carbocycles. The summed E-state index contributed by atoms with van der Waals surface area (Å²) in [7, 11) is -3.23. The van der Waals surface area contributed by atoms with Crippen LogP contribution in [0.15, 0.2) is 29.2 Å². The Hall–Kier alpha value is -0.580. The van der Waals surface area contributed by atoms with Gasteiger partial charge in [-0.25, -0.2) is 8.42 Å². The summed E-state index contributed by atoms with van der Waals surface area (Å²) in [5.41, 5.74) is 0. The minimum atomic E-state index is -3.23. The molecule has 0 amide bonds. The fourth-order valence-corrected chi connectivity index (χ4v) is 3.16. The molecule has 0 fully saturated rings. The molecule has 0 heterocycles. The van der Waals surface area contributed by atoms with Crippen molar-refractivity contribution in [3.63, 3.8) is 0 Å².